The van der Waals surface area contributed by atoms with E-state index in [0.29, 0.717) is 6.54 Å². The van der Waals surface area contributed by atoms with E-state index < -0.39 is 0 Å². The highest BCUT2D eigenvalue weighted by Crippen LogP contribution is 2.21. The Morgan fingerprint density at radius 3 is 2.88 bits per heavy atom. The van der Waals surface area contributed by atoms with Gasteiger partial charge in [0, 0.05) is 37.6 Å². The number of hydrogen-bond donors (Lipinski definition) is 2. The second-order valence-corrected chi connectivity index (χ2v) is 5.88. The number of benzene rings is 1. The van der Waals surface area contributed by atoms with E-state index in [2.05, 4.69) is 54.6 Å². The fourth-order valence-corrected chi connectivity index (χ4v) is 2.37. The number of aromatic nitrogens is 2. The van der Waals surface area contributed by atoms with Gasteiger partial charge in [0.2, 0.25) is 0 Å². The third-order valence-electron chi connectivity index (χ3n) is 3.66. The van der Waals surface area contributed by atoms with E-state index >= 15 is 0 Å². The highest BCUT2D eigenvalue weighted by molar-refractivity contribution is 5.79. The van der Waals surface area contributed by atoms with Crippen LogP contribution >= 0.6 is 0 Å². The van der Waals surface area contributed by atoms with Crippen LogP contribution in [0.3, 0.4) is 0 Å². The molecule has 2 rings (SSSR count). The van der Waals surface area contributed by atoms with Crippen LogP contribution in [0.25, 0.3) is 0 Å². The summed E-state index contributed by atoms with van der Waals surface area (Å²) in [7, 11) is 0. The smallest absolute Gasteiger partial charge is 0.191 e. The van der Waals surface area contributed by atoms with Gasteiger partial charge in [-0.1, -0.05) is 19.1 Å². The van der Waals surface area contributed by atoms with E-state index in [1.54, 1.807) is 6.20 Å². The predicted molar refractivity (Wildman–Crippen MR) is 102 cm³/mol. The van der Waals surface area contributed by atoms with Crippen molar-refractivity contribution in [2.24, 2.45) is 4.99 Å². The fraction of sp³-hybridized carbons (Fsp3) is 0.474. The summed E-state index contributed by atoms with van der Waals surface area (Å²) in [5.41, 5.74) is 2.30. The minimum atomic E-state index is 0.583. The molecular weight excluding hydrogens is 314 g/mol. The molecule has 0 radical (unpaired) electrons. The first-order valence-corrected chi connectivity index (χ1v) is 8.93. The number of imidazole rings is 1. The molecule has 0 amide bonds. The Bertz CT molecular complexity index is 652. The fourth-order valence-electron chi connectivity index (χ4n) is 2.37. The van der Waals surface area contributed by atoms with Crippen molar-refractivity contribution in [3.63, 3.8) is 0 Å². The third-order valence-corrected chi connectivity index (χ3v) is 3.66. The largest absolute Gasteiger partial charge is 0.493 e. The Labute approximate surface area is 150 Å². The zero-order valence-corrected chi connectivity index (χ0v) is 15.5. The summed E-state index contributed by atoms with van der Waals surface area (Å²) in [4.78, 5) is 8.74. The molecule has 25 heavy (non-hydrogen) atoms. The lowest BCUT2D eigenvalue weighted by Gasteiger charge is -2.13. The maximum absolute atomic E-state index is 5.87. The molecule has 6 heteroatoms. The monoisotopic (exact) mass is 343 g/mol. The quantitative estimate of drug-likeness (QED) is 0.543. The topological polar surface area (TPSA) is 63.5 Å². The van der Waals surface area contributed by atoms with Crippen molar-refractivity contribution in [2.45, 2.75) is 40.3 Å². The molecule has 1 heterocycles. The Morgan fingerprint density at radius 1 is 1.28 bits per heavy atom. The van der Waals surface area contributed by atoms with Crippen LogP contribution < -0.4 is 15.4 Å². The molecule has 0 unspecified atom stereocenters. The Balaban J connectivity index is 1.97. The summed E-state index contributed by atoms with van der Waals surface area (Å²) < 4.78 is 7.90. The average molecular weight is 343 g/mol. The van der Waals surface area contributed by atoms with Crippen LogP contribution in [0.1, 0.15) is 31.4 Å². The number of guanidine groups is 1. The number of aryl methyl sites for hydroxylation is 1. The molecule has 2 N–H and O–H groups in total. The molecular formula is C19H29N5O. The molecule has 0 aliphatic rings. The van der Waals surface area contributed by atoms with Crippen LogP contribution in [0.2, 0.25) is 0 Å². The number of aliphatic imine (C=N–C) groups is 1. The van der Waals surface area contributed by atoms with Crippen molar-refractivity contribution in [1.82, 2.24) is 20.2 Å². The molecule has 1 aromatic carbocycles. The maximum Gasteiger partial charge on any atom is 0.191 e. The van der Waals surface area contributed by atoms with Crippen molar-refractivity contribution >= 4 is 5.96 Å². The number of hydrogen-bond acceptors (Lipinski definition) is 3. The van der Waals surface area contributed by atoms with Gasteiger partial charge in [0.15, 0.2) is 5.96 Å². The highest BCUT2D eigenvalue weighted by Gasteiger charge is 2.05. The SMILES string of the molecule is CCCOc1cc(C)ccc1CN=C(NCC)NCCn1ccnc1. The summed E-state index contributed by atoms with van der Waals surface area (Å²) >= 11 is 0. The number of rotatable bonds is 9. The second kappa shape index (κ2) is 10.4. The maximum atomic E-state index is 5.87. The van der Waals surface area contributed by atoms with Crippen molar-refractivity contribution in [1.29, 1.82) is 0 Å². The molecule has 0 spiro atoms. The normalized spacial score (nSPS) is 11.4. The van der Waals surface area contributed by atoms with E-state index in [1.165, 1.54) is 5.56 Å². The Morgan fingerprint density at radius 2 is 2.16 bits per heavy atom. The average Bonchev–Trinajstić information content (AvgIpc) is 3.12. The van der Waals surface area contributed by atoms with E-state index in [1.807, 2.05) is 17.1 Å². The van der Waals surface area contributed by atoms with Gasteiger partial charge in [0.05, 0.1) is 19.5 Å². The lowest BCUT2D eigenvalue weighted by atomic mass is 10.1. The molecule has 6 nitrogen and oxygen atoms in total. The molecule has 0 bridgehead atoms. The highest BCUT2D eigenvalue weighted by atomic mass is 16.5. The lowest BCUT2D eigenvalue weighted by molar-refractivity contribution is 0.314. The summed E-state index contributed by atoms with van der Waals surface area (Å²) in [6.45, 7) is 10.0. The van der Waals surface area contributed by atoms with Crippen molar-refractivity contribution in [3.05, 3.63) is 48.0 Å². The second-order valence-electron chi connectivity index (χ2n) is 5.88. The van der Waals surface area contributed by atoms with E-state index in [0.717, 1.165) is 49.9 Å². The molecule has 136 valence electrons. The van der Waals surface area contributed by atoms with E-state index in [4.69, 9.17) is 9.73 Å². The van der Waals surface area contributed by atoms with Gasteiger partial charge in [-0.05, 0) is 31.9 Å². The van der Waals surface area contributed by atoms with Gasteiger partial charge in [0.25, 0.3) is 0 Å². The molecule has 0 saturated carbocycles. The summed E-state index contributed by atoms with van der Waals surface area (Å²) in [6, 6.07) is 6.28. The minimum absolute atomic E-state index is 0.583. The van der Waals surface area contributed by atoms with Crippen LogP contribution in [0, 0.1) is 6.92 Å². The lowest BCUT2D eigenvalue weighted by Crippen LogP contribution is -2.38. The zero-order chi connectivity index (χ0) is 17.9. The number of nitrogens with zero attached hydrogens (tertiary/aromatic N) is 3. The van der Waals surface area contributed by atoms with Crippen LogP contribution in [0.5, 0.6) is 5.75 Å². The van der Waals surface area contributed by atoms with Crippen LogP contribution in [-0.2, 0) is 13.1 Å². The van der Waals surface area contributed by atoms with Crippen molar-refractivity contribution in [2.75, 3.05) is 19.7 Å². The van der Waals surface area contributed by atoms with E-state index in [-0.39, 0.29) is 0 Å². The third kappa shape index (κ3) is 6.49. The van der Waals surface area contributed by atoms with Gasteiger partial charge in [0.1, 0.15) is 5.75 Å². The molecule has 0 fully saturated rings. The molecule has 1 aromatic heterocycles. The summed E-state index contributed by atoms with van der Waals surface area (Å²) in [5, 5.41) is 6.63. The van der Waals surface area contributed by atoms with E-state index in [9.17, 15) is 0 Å². The first-order chi connectivity index (χ1) is 12.2. The Kier molecular flexibility index (Phi) is 7.82. The molecule has 2 aromatic rings. The molecule has 0 aliphatic heterocycles. The van der Waals surface area contributed by atoms with Gasteiger partial charge >= 0.3 is 0 Å². The first-order valence-electron chi connectivity index (χ1n) is 8.93. The minimum Gasteiger partial charge on any atom is -0.493 e. The summed E-state index contributed by atoms with van der Waals surface area (Å²) in [6.07, 6.45) is 6.55. The molecule has 0 atom stereocenters. The number of ether oxygens (including phenoxy) is 1. The van der Waals surface area contributed by atoms with Crippen LogP contribution in [-0.4, -0.2) is 35.2 Å². The van der Waals surface area contributed by atoms with Gasteiger partial charge < -0.3 is 19.9 Å². The first kappa shape index (κ1) is 18.8. The molecule has 0 saturated heterocycles. The van der Waals surface area contributed by atoms with Gasteiger partial charge in [-0.25, -0.2) is 9.98 Å². The predicted octanol–water partition coefficient (Wildman–Crippen LogP) is 2.74. The zero-order valence-electron chi connectivity index (χ0n) is 15.5. The van der Waals surface area contributed by atoms with Gasteiger partial charge in [-0.15, -0.1) is 0 Å². The van der Waals surface area contributed by atoms with Crippen LogP contribution in [0.15, 0.2) is 41.9 Å². The molecule has 0 aliphatic carbocycles. The summed E-state index contributed by atoms with van der Waals surface area (Å²) in [5.74, 6) is 1.74. The van der Waals surface area contributed by atoms with Crippen molar-refractivity contribution < 1.29 is 4.74 Å². The number of nitrogens with one attached hydrogen (secondary N) is 2. The van der Waals surface area contributed by atoms with Gasteiger partial charge in [-0.2, -0.15) is 0 Å². The van der Waals surface area contributed by atoms with Gasteiger partial charge in [-0.3, -0.25) is 0 Å². The Hall–Kier alpha value is -2.50. The van der Waals surface area contributed by atoms with Crippen LogP contribution in [0.4, 0.5) is 0 Å². The standard InChI is InChI=1S/C19H29N5O/c1-4-12-25-18-13-16(3)6-7-17(18)14-23-19(21-5-2)22-9-11-24-10-8-20-15-24/h6-8,10,13,15H,4-5,9,11-12,14H2,1-3H3,(H2,21,22,23). The van der Waals surface area contributed by atoms with Crippen molar-refractivity contribution in [3.8, 4) is 5.75 Å².